The van der Waals surface area contributed by atoms with Crippen molar-refractivity contribution in [3.8, 4) is 34.3 Å². The Kier molecular flexibility index (Phi) is 4.50. The molecular formula is C20H21N3O4. The summed E-state index contributed by atoms with van der Waals surface area (Å²) in [6.45, 7) is 0.825. The van der Waals surface area contributed by atoms with Crippen molar-refractivity contribution in [3.05, 3.63) is 48.2 Å². The lowest BCUT2D eigenvalue weighted by molar-refractivity contribution is 0.174. The van der Waals surface area contributed by atoms with Crippen molar-refractivity contribution in [1.29, 1.82) is 0 Å². The van der Waals surface area contributed by atoms with Crippen LogP contribution in [0.3, 0.4) is 0 Å². The van der Waals surface area contributed by atoms with Crippen molar-refractivity contribution >= 4 is 5.95 Å². The van der Waals surface area contributed by atoms with Gasteiger partial charge in [-0.25, -0.2) is 4.98 Å². The van der Waals surface area contributed by atoms with Gasteiger partial charge >= 0.3 is 0 Å². The molecule has 2 heterocycles. The zero-order chi connectivity index (χ0) is 18.8. The first-order valence-corrected chi connectivity index (χ1v) is 8.56. The lowest BCUT2D eigenvalue weighted by Crippen LogP contribution is -2.07. The van der Waals surface area contributed by atoms with E-state index in [1.807, 2.05) is 54.2 Å². The lowest BCUT2D eigenvalue weighted by Gasteiger charge is -2.14. The third-order valence-corrected chi connectivity index (χ3v) is 4.58. The van der Waals surface area contributed by atoms with Gasteiger partial charge in [-0.3, -0.25) is 0 Å². The number of nitrogens with one attached hydrogen (secondary N) is 1. The molecule has 7 heteroatoms. The Bertz CT molecular complexity index is 968. The fraction of sp³-hybridized carbons (Fsp3) is 0.250. The van der Waals surface area contributed by atoms with Gasteiger partial charge in [-0.1, -0.05) is 12.1 Å². The average molecular weight is 367 g/mol. The van der Waals surface area contributed by atoms with Crippen molar-refractivity contribution in [2.45, 2.75) is 6.54 Å². The Labute approximate surface area is 157 Å². The number of methoxy groups -OCH3 is 2. The van der Waals surface area contributed by atoms with Crippen LogP contribution in [0.5, 0.6) is 23.0 Å². The van der Waals surface area contributed by atoms with Gasteiger partial charge in [0.05, 0.1) is 26.1 Å². The molecule has 0 aliphatic carbocycles. The second kappa shape index (κ2) is 7.11. The maximum absolute atomic E-state index is 5.49. The molecule has 2 aromatic carbocycles. The van der Waals surface area contributed by atoms with Gasteiger partial charge in [0.1, 0.15) is 0 Å². The lowest BCUT2D eigenvalue weighted by atomic mass is 10.1. The summed E-state index contributed by atoms with van der Waals surface area (Å²) in [4.78, 5) is 4.51. The Balaban J connectivity index is 1.55. The largest absolute Gasteiger partial charge is 0.493 e. The van der Waals surface area contributed by atoms with Crippen LogP contribution in [0.1, 0.15) is 5.56 Å². The summed E-state index contributed by atoms with van der Waals surface area (Å²) in [5.41, 5.74) is 2.99. The summed E-state index contributed by atoms with van der Waals surface area (Å²) < 4.78 is 23.7. The summed E-state index contributed by atoms with van der Waals surface area (Å²) in [6.07, 6.45) is 1.84. The van der Waals surface area contributed by atoms with Crippen molar-refractivity contribution in [2.24, 2.45) is 7.05 Å². The quantitative estimate of drug-likeness (QED) is 0.720. The molecule has 4 rings (SSSR count). The van der Waals surface area contributed by atoms with E-state index >= 15 is 0 Å². The van der Waals surface area contributed by atoms with E-state index in [0.29, 0.717) is 12.3 Å². The topological polar surface area (TPSA) is 66.8 Å². The van der Waals surface area contributed by atoms with Gasteiger partial charge < -0.3 is 28.8 Å². The number of hydrogen-bond donors (Lipinski definition) is 1. The van der Waals surface area contributed by atoms with Crippen LogP contribution in [0.2, 0.25) is 0 Å². The number of benzene rings is 2. The second-order valence-corrected chi connectivity index (χ2v) is 6.10. The predicted molar refractivity (Wildman–Crippen MR) is 102 cm³/mol. The fourth-order valence-electron chi connectivity index (χ4n) is 3.17. The normalized spacial score (nSPS) is 12.1. The average Bonchev–Trinajstić information content (AvgIpc) is 3.31. The molecule has 1 aliphatic heterocycles. The summed E-state index contributed by atoms with van der Waals surface area (Å²) in [7, 11) is 5.24. The zero-order valence-electron chi connectivity index (χ0n) is 15.5. The molecule has 27 heavy (non-hydrogen) atoms. The SMILES string of the molecule is COc1cccc(CNc2ncc(-c3ccc4c(c3)OCO4)n2C)c1OC. The number of anilines is 1. The molecule has 0 saturated carbocycles. The van der Waals surface area contributed by atoms with E-state index in [4.69, 9.17) is 18.9 Å². The van der Waals surface area contributed by atoms with Gasteiger partial charge in [0.2, 0.25) is 12.7 Å². The van der Waals surface area contributed by atoms with Crippen LogP contribution in [0, 0.1) is 0 Å². The first-order chi connectivity index (χ1) is 13.2. The molecule has 0 atom stereocenters. The van der Waals surface area contributed by atoms with Crippen molar-refractivity contribution in [2.75, 3.05) is 26.3 Å². The van der Waals surface area contributed by atoms with E-state index in [9.17, 15) is 0 Å². The summed E-state index contributed by atoms with van der Waals surface area (Å²) in [6, 6.07) is 11.7. The highest BCUT2D eigenvalue weighted by molar-refractivity contribution is 5.66. The van der Waals surface area contributed by atoms with Crippen molar-refractivity contribution < 1.29 is 18.9 Å². The van der Waals surface area contributed by atoms with Gasteiger partial charge in [-0.05, 0) is 24.3 Å². The highest BCUT2D eigenvalue weighted by Crippen LogP contribution is 2.36. The first-order valence-electron chi connectivity index (χ1n) is 8.56. The fourth-order valence-corrected chi connectivity index (χ4v) is 3.17. The standard InChI is InChI=1S/C20H21N3O4/c1-23-15(13-7-8-16-18(9-13)27-12-26-16)11-22-20(23)21-10-14-5-4-6-17(24-2)19(14)25-3/h4-9,11H,10,12H2,1-3H3,(H,21,22). The maximum atomic E-state index is 5.49. The number of rotatable bonds is 6. The molecule has 3 aromatic rings. The molecule has 1 aromatic heterocycles. The van der Waals surface area contributed by atoms with E-state index in [1.165, 1.54) is 0 Å². The minimum atomic E-state index is 0.263. The number of nitrogens with zero attached hydrogens (tertiary/aromatic N) is 2. The van der Waals surface area contributed by atoms with Crippen LogP contribution < -0.4 is 24.3 Å². The van der Waals surface area contributed by atoms with E-state index in [2.05, 4.69) is 10.3 Å². The number of para-hydroxylation sites is 1. The molecule has 7 nitrogen and oxygen atoms in total. The summed E-state index contributed by atoms with van der Waals surface area (Å²) in [5.74, 6) is 3.71. The molecule has 0 radical (unpaired) electrons. The molecule has 0 bridgehead atoms. The van der Waals surface area contributed by atoms with Crippen LogP contribution in [0.15, 0.2) is 42.6 Å². The Hall–Kier alpha value is -3.35. The minimum Gasteiger partial charge on any atom is -0.493 e. The summed E-state index contributed by atoms with van der Waals surface area (Å²) >= 11 is 0. The molecule has 140 valence electrons. The highest BCUT2D eigenvalue weighted by atomic mass is 16.7. The maximum Gasteiger partial charge on any atom is 0.231 e. The Morgan fingerprint density at radius 1 is 1.11 bits per heavy atom. The number of fused-ring (bicyclic) bond motifs is 1. The smallest absolute Gasteiger partial charge is 0.231 e. The molecule has 1 aliphatic rings. The third-order valence-electron chi connectivity index (χ3n) is 4.58. The molecule has 0 unspecified atom stereocenters. The van der Waals surface area contributed by atoms with Crippen LogP contribution in [-0.4, -0.2) is 30.6 Å². The first kappa shape index (κ1) is 17.1. The van der Waals surface area contributed by atoms with Gasteiger partial charge in [-0.15, -0.1) is 0 Å². The van der Waals surface area contributed by atoms with Gasteiger partial charge in [-0.2, -0.15) is 0 Å². The molecule has 1 N–H and O–H groups in total. The molecule has 0 saturated heterocycles. The Morgan fingerprint density at radius 3 is 2.78 bits per heavy atom. The van der Waals surface area contributed by atoms with Crippen LogP contribution >= 0.6 is 0 Å². The van der Waals surface area contributed by atoms with Crippen molar-refractivity contribution in [1.82, 2.24) is 9.55 Å². The van der Waals surface area contributed by atoms with E-state index in [1.54, 1.807) is 14.2 Å². The summed E-state index contributed by atoms with van der Waals surface area (Å²) in [5, 5.41) is 3.36. The predicted octanol–water partition coefficient (Wildman–Crippen LogP) is 3.45. The van der Waals surface area contributed by atoms with Crippen LogP contribution in [0.4, 0.5) is 5.95 Å². The van der Waals surface area contributed by atoms with Crippen LogP contribution in [-0.2, 0) is 13.6 Å². The minimum absolute atomic E-state index is 0.263. The molecule has 0 amide bonds. The van der Waals surface area contributed by atoms with E-state index in [0.717, 1.165) is 40.0 Å². The monoisotopic (exact) mass is 367 g/mol. The number of ether oxygens (including phenoxy) is 4. The van der Waals surface area contributed by atoms with E-state index < -0.39 is 0 Å². The molecule has 0 spiro atoms. The van der Waals surface area contributed by atoms with Crippen LogP contribution in [0.25, 0.3) is 11.3 Å². The zero-order valence-corrected chi connectivity index (χ0v) is 15.5. The molecular weight excluding hydrogens is 346 g/mol. The third kappa shape index (κ3) is 3.12. The van der Waals surface area contributed by atoms with Gasteiger partial charge in [0, 0.05) is 24.7 Å². The van der Waals surface area contributed by atoms with Gasteiger partial charge in [0.25, 0.3) is 0 Å². The Morgan fingerprint density at radius 2 is 1.96 bits per heavy atom. The second-order valence-electron chi connectivity index (χ2n) is 6.10. The number of hydrogen-bond acceptors (Lipinski definition) is 6. The highest BCUT2D eigenvalue weighted by Gasteiger charge is 2.16. The number of aromatic nitrogens is 2. The molecule has 0 fully saturated rings. The number of imidazole rings is 1. The van der Waals surface area contributed by atoms with Crippen molar-refractivity contribution in [3.63, 3.8) is 0 Å². The van der Waals surface area contributed by atoms with Gasteiger partial charge in [0.15, 0.2) is 23.0 Å². The van der Waals surface area contributed by atoms with E-state index in [-0.39, 0.29) is 6.79 Å².